The van der Waals surface area contributed by atoms with Crippen molar-refractivity contribution < 1.29 is 9.53 Å². The van der Waals surface area contributed by atoms with E-state index in [0.717, 1.165) is 38.8 Å². The molecule has 0 saturated carbocycles. The number of aliphatic imine (C=N–C) groups is 1. The molecule has 2 atom stereocenters. The number of carbonyl (C=O) groups excluding carboxylic acids is 1. The molecule has 10 nitrogen and oxygen atoms in total. The van der Waals surface area contributed by atoms with Gasteiger partial charge in [0.2, 0.25) is 5.90 Å². The van der Waals surface area contributed by atoms with Crippen molar-refractivity contribution in [3.8, 4) is 0 Å². The summed E-state index contributed by atoms with van der Waals surface area (Å²) in [5, 5.41) is 3.68. The lowest BCUT2D eigenvalue weighted by molar-refractivity contribution is -0.128. The Hall–Kier alpha value is -3.08. The smallest absolute Gasteiger partial charge is 0.255 e. The molecule has 12 heteroatoms. The zero-order chi connectivity index (χ0) is 33.7. The number of allylic oxidation sites excluding steroid dienone is 3. The van der Waals surface area contributed by atoms with Crippen LogP contribution in [0.1, 0.15) is 72.9 Å². The molecule has 3 rings (SSSR count). The average molecular weight is 664 g/mol. The maximum atomic E-state index is 13.2. The molecule has 2 aliphatic heterocycles. The number of aromatic nitrogens is 2. The van der Waals surface area contributed by atoms with E-state index >= 15 is 0 Å². The van der Waals surface area contributed by atoms with E-state index in [4.69, 9.17) is 38.7 Å². The second kappa shape index (κ2) is 18.8. The number of nitrogens with one attached hydrogen (secondary N) is 1. The van der Waals surface area contributed by atoms with Crippen LogP contribution < -0.4 is 16.0 Å². The topological polar surface area (TPSA) is 112 Å². The summed E-state index contributed by atoms with van der Waals surface area (Å²) < 4.78 is 5.71. The summed E-state index contributed by atoms with van der Waals surface area (Å²) in [5.41, 5.74) is 7.40. The van der Waals surface area contributed by atoms with Crippen LogP contribution in [0.5, 0.6) is 0 Å². The first kappa shape index (κ1) is 38.1. The van der Waals surface area contributed by atoms with Crippen molar-refractivity contribution in [2.75, 3.05) is 44.7 Å². The Labute approximate surface area is 280 Å². The number of likely N-dealkylation sites (tertiary alicyclic amines) is 1. The number of hydrogen-bond acceptors (Lipinski definition) is 9. The molecule has 250 valence electrons. The molecule has 0 spiro atoms. The van der Waals surface area contributed by atoms with Gasteiger partial charge in [-0.1, -0.05) is 57.5 Å². The number of rotatable bonds is 11. The lowest BCUT2D eigenvalue weighted by atomic mass is 9.94. The molecule has 0 bridgehead atoms. The van der Waals surface area contributed by atoms with Gasteiger partial charge < -0.3 is 25.6 Å². The summed E-state index contributed by atoms with van der Waals surface area (Å²) in [4.78, 5) is 33.6. The maximum Gasteiger partial charge on any atom is 0.255 e. The number of anilines is 1. The van der Waals surface area contributed by atoms with Gasteiger partial charge in [0.1, 0.15) is 5.69 Å². The molecule has 3 heterocycles. The van der Waals surface area contributed by atoms with E-state index in [2.05, 4.69) is 52.1 Å². The van der Waals surface area contributed by atoms with Crippen LogP contribution in [0.2, 0.25) is 5.15 Å². The minimum absolute atomic E-state index is 0.0693. The number of amides is 1. The highest BCUT2D eigenvalue weighted by atomic mass is 35.5. The molecule has 2 saturated heterocycles. The van der Waals surface area contributed by atoms with Gasteiger partial charge >= 0.3 is 0 Å². The second-order valence-electron chi connectivity index (χ2n) is 10.8. The summed E-state index contributed by atoms with van der Waals surface area (Å²) in [6.07, 6.45) is 8.61. The molecule has 0 radical (unpaired) electrons. The summed E-state index contributed by atoms with van der Waals surface area (Å²) in [5.74, 6) is 1.28. The van der Waals surface area contributed by atoms with Gasteiger partial charge in [0.15, 0.2) is 16.9 Å². The Bertz CT molecular complexity index is 1250. The van der Waals surface area contributed by atoms with E-state index in [0.29, 0.717) is 76.5 Å². The molecule has 2 aliphatic rings. The maximum absolute atomic E-state index is 13.2. The third kappa shape index (κ3) is 10.2. The molecule has 45 heavy (non-hydrogen) atoms. The number of nitrogens with zero attached hydrogens (tertiary/aromatic N) is 6. The standard InChI is InChI=1S/C31H46Cl2N8O2.C2H6/c1-8-23-19-41(29-28(33)38-27(17-37-29)30(35-7)43-22(6)36-10-3)24(9-2)18-40(23)25-13-15-39(16-14-25)31(42)26(21(5)34)12-11-20(4)32;1-2/h11-12,17,23-25,36H,4,6,8-10,13-16,18-19,34H2,1-3,5,7H3;1-2H3/b12-11-,26-21-,35-30?;/t23?,24-;/m1./s1. The molecule has 2 fully saturated rings. The van der Waals surface area contributed by atoms with Crippen LogP contribution in [-0.2, 0) is 9.53 Å². The van der Waals surface area contributed by atoms with Crippen LogP contribution in [0, 0.1) is 0 Å². The largest absolute Gasteiger partial charge is 0.422 e. The van der Waals surface area contributed by atoms with Crippen LogP contribution in [0.15, 0.2) is 58.7 Å². The Kier molecular flexibility index (Phi) is 15.9. The van der Waals surface area contributed by atoms with Gasteiger partial charge in [0, 0.05) is 68.6 Å². The van der Waals surface area contributed by atoms with Gasteiger partial charge in [-0.05, 0) is 58.3 Å². The molecule has 0 aliphatic carbocycles. The SMILES string of the molecule is C=C(Cl)/C=C\C(C(=O)N1CCC(N2C[C@@H](CC)N(c3ncc(C(=NC)OC(=C)NCC)nc3Cl)CC2CC)CC1)=C(/C)N.CC. The number of ether oxygens (including phenoxy) is 1. The molecule has 1 aromatic heterocycles. The van der Waals surface area contributed by atoms with E-state index in [1.807, 2.05) is 25.7 Å². The Morgan fingerprint density at radius 1 is 1.16 bits per heavy atom. The highest BCUT2D eigenvalue weighted by Gasteiger charge is 2.39. The zero-order valence-corrected chi connectivity index (χ0v) is 29.6. The third-order valence-corrected chi connectivity index (χ3v) is 8.37. The van der Waals surface area contributed by atoms with E-state index in [1.54, 1.807) is 32.3 Å². The van der Waals surface area contributed by atoms with Crippen molar-refractivity contribution in [3.05, 3.63) is 64.5 Å². The molecule has 1 unspecified atom stereocenters. The number of piperazine rings is 1. The van der Waals surface area contributed by atoms with Crippen LogP contribution in [0.4, 0.5) is 5.82 Å². The van der Waals surface area contributed by atoms with Gasteiger partial charge in [0.25, 0.3) is 5.91 Å². The van der Waals surface area contributed by atoms with Gasteiger partial charge in [-0.15, -0.1) is 0 Å². The summed E-state index contributed by atoms with van der Waals surface area (Å²) in [6, 6.07) is 0.906. The fourth-order valence-corrected chi connectivity index (χ4v) is 6.04. The van der Waals surface area contributed by atoms with Crippen molar-refractivity contribution >= 4 is 40.8 Å². The number of hydrogen-bond donors (Lipinski definition) is 2. The van der Waals surface area contributed by atoms with Gasteiger partial charge in [-0.3, -0.25) is 14.7 Å². The van der Waals surface area contributed by atoms with Crippen molar-refractivity contribution in [2.24, 2.45) is 10.7 Å². The Morgan fingerprint density at radius 2 is 1.80 bits per heavy atom. The van der Waals surface area contributed by atoms with E-state index in [-0.39, 0.29) is 11.9 Å². The van der Waals surface area contributed by atoms with Crippen molar-refractivity contribution in [2.45, 2.75) is 85.4 Å². The minimum Gasteiger partial charge on any atom is -0.422 e. The number of carbonyl (C=O) groups is 1. The van der Waals surface area contributed by atoms with E-state index in [9.17, 15) is 4.79 Å². The minimum atomic E-state index is -0.0693. The van der Waals surface area contributed by atoms with Crippen LogP contribution in [0.3, 0.4) is 0 Å². The van der Waals surface area contributed by atoms with Crippen LogP contribution >= 0.6 is 23.2 Å². The van der Waals surface area contributed by atoms with Crippen molar-refractivity contribution in [1.82, 2.24) is 25.1 Å². The quantitative estimate of drug-likeness (QED) is 0.0999. The normalized spacial score (nSPS) is 20.3. The van der Waals surface area contributed by atoms with Crippen molar-refractivity contribution in [3.63, 3.8) is 0 Å². The molecular weight excluding hydrogens is 611 g/mol. The van der Waals surface area contributed by atoms with Gasteiger partial charge in [-0.2, -0.15) is 0 Å². The molecule has 3 N–H and O–H groups in total. The molecule has 0 aromatic carbocycles. The number of halogens is 2. The summed E-state index contributed by atoms with van der Waals surface area (Å²) >= 11 is 12.6. The lowest BCUT2D eigenvalue weighted by Gasteiger charge is -2.51. The first-order valence-electron chi connectivity index (χ1n) is 15.9. The number of piperidine rings is 1. The molecule has 1 aromatic rings. The fourth-order valence-electron chi connectivity index (χ4n) is 5.73. The highest BCUT2D eigenvalue weighted by molar-refractivity contribution is 6.32. The Balaban J connectivity index is 0.00000345. The first-order chi connectivity index (χ1) is 21.5. The van der Waals surface area contributed by atoms with Crippen LogP contribution in [-0.4, -0.2) is 89.5 Å². The van der Waals surface area contributed by atoms with Crippen LogP contribution in [0.25, 0.3) is 0 Å². The molecule has 1 amide bonds. The van der Waals surface area contributed by atoms with E-state index < -0.39 is 0 Å². The monoisotopic (exact) mass is 662 g/mol. The fraction of sp³-hybridized carbons (Fsp3) is 0.576. The highest BCUT2D eigenvalue weighted by Crippen LogP contribution is 2.32. The summed E-state index contributed by atoms with van der Waals surface area (Å²) in [6.45, 7) is 23.3. The van der Waals surface area contributed by atoms with Crippen molar-refractivity contribution in [1.29, 1.82) is 0 Å². The first-order valence-corrected chi connectivity index (χ1v) is 16.7. The predicted molar refractivity (Wildman–Crippen MR) is 188 cm³/mol. The van der Waals surface area contributed by atoms with Gasteiger partial charge in [0.05, 0.1) is 11.8 Å². The summed E-state index contributed by atoms with van der Waals surface area (Å²) in [7, 11) is 1.63. The third-order valence-electron chi connectivity index (χ3n) is 7.99. The Morgan fingerprint density at radius 3 is 2.31 bits per heavy atom. The number of nitrogens with two attached hydrogens (primary N) is 1. The lowest BCUT2D eigenvalue weighted by Crippen LogP contribution is -2.62. The predicted octanol–water partition coefficient (Wildman–Crippen LogP) is 5.84. The average Bonchev–Trinajstić information content (AvgIpc) is 3.03. The second-order valence-corrected chi connectivity index (χ2v) is 11.7. The van der Waals surface area contributed by atoms with E-state index in [1.165, 1.54) is 0 Å². The molecular formula is C33H52Cl2N8O2. The zero-order valence-electron chi connectivity index (χ0n) is 28.1. The van der Waals surface area contributed by atoms with Gasteiger partial charge in [-0.25, -0.2) is 9.97 Å².